The maximum Gasteiger partial charge on any atom is 0.364 e. The zero-order chi connectivity index (χ0) is 48.9. The number of amides is 2. The number of carbonyl (C=O) groups is 4. The van der Waals surface area contributed by atoms with Gasteiger partial charge in [0.25, 0.3) is 11.5 Å². The summed E-state index contributed by atoms with van der Waals surface area (Å²) in [5, 5.41) is 140. The number of rotatable bonds is 24. The molecule has 28 heteroatoms. The second-order valence-corrected chi connectivity index (χ2v) is 15.5. The summed E-state index contributed by atoms with van der Waals surface area (Å²) in [6.45, 7) is -4.14. The van der Waals surface area contributed by atoms with E-state index in [-0.39, 0.29) is 49.8 Å². The van der Waals surface area contributed by atoms with E-state index in [9.17, 15) is 85.5 Å². The van der Waals surface area contributed by atoms with Gasteiger partial charge in [-0.1, -0.05) is 0 Å². The van der Waals surface area contributed by atoms with E-state index >= 15 is 0 Å². The largest absolute Gasteiger partial charge is 0.477 e. The van der Waals surface area contributed by atoms with Crippen LogP contribution in [0.5, 0.6) is 5.75 Å². The molecule has 3 heterocycles. The number of nitro groups is 1. The standard InChI is InChI=1S/C38H57N3O25/c42-13-20(46)27(50)34-26(40-24(48)15-44)19(45)12-38(66-34,37(56)57)61-16-22-28(51)29(52)31(54)36(64-22)65-33-21(14-43)63-35(32(55)30(33)53)60-11-3-10-39-23(47)4-1-2-5-25(49)62-18-8-6-17(7-9-18)41(58)59/h6-9,19-22,26-36,42-46,50-55H,1-5,10-16H2,(H,39,47)(H,40,48)(H,56,57)/t19-,20+,21+,22+,26+,27+,28-,29-,30+,31+,32+,33+,34+,35+,36-,38+/m0/s1. The number of hydrogen-bond acceptors (Lipinski definition) is 24. The second kappa shape index (κ2) is 25.3. The Morgan fingerprint density at radius 3 is 2.12 bits per heavy atom. The van der Waals surface area contributed by atoms with Gasteiger partial charge in [0.15, 0.2) is 12.6 Å². The van der Waals surface area contributed by atoms with Crippen molar-refractivity contribution >= 4 is 29.4 Å². The molecule has 374 valence electrons. The van der Waals surface area contributed by atoms with Crippen LogP contribution in [0.1, 0.15) is 38.5 Å². The van der Waals surface area contributed by atoms with Crippen LogP contribution in [0, 0.1) is 10.1 Å². The fourth-order valence-electron chi connectivity index (χ4n) is 7.13. The first kappa shape index (κ1) is 54.4. The first-order valence-corrected chi connectivity index (χ1v) is 20.7. The maximum absolute atomic E-state index is 12.6. The van der Waals surface area contributed by atoms with Gasteiger partial charge >= 0.3 is 11.9 Å². The minimum Gasteiger partial charge on any atom is -0.477 e. The Morgan fingerprint density at radius 1 is 0.848 bits per heavy atom. The Kier molecular flexibility index (Phi) is 20.8. The molecule has 3 fully saturated rings. The van der Waals surface area contributed by atoms with Crippen LogP contribution in [0.3, 0.4) is 0 Å². The zero-order valence-corrected chi connectivity index (χ0v) is 35.1. The number of carboxylic acids is 1. The predicted molar refractivity (Wildman–Crippen MR) is 210 cm³/mol. The predicted octanol–water partition coefficient (Wildman–Crippen LogP) is -6.65. The molecule has 3 saturated heterocycles. The van der Waals surface area contributed by atoms with Gasteiger partial charge in [0.2, 0.25) is 11.8 Å². The van der Waals surface area contributed by atoms with Crippen LogP contribution in [0.4, 0.5) is 5.69 Å². The number of aliphatic hydroxyl groups excluding tert-OH is 11. The van der Waals surface area contributed by atoms with Crippen molar-refractivity contribution in [2.24, 2.45) is 0 Å². The normalized spacial score (nSPS) is 33.3. The van der Waals surface area contributed by atoms with Crippen molar-refractivity contribution in [1.82, 2.24) is 10.6 Å². The molecule has 28 nitrogen and oxygen atoms in total. The van der Waals surface area contributed by atoms with Crippen molar-refractivity contribution in [1.29, 1.82) is 0 Å². The van der Waals surface area contributed by atoms with Crippen LogP contribution in [0.25, 0.3) is 0 Å². The third-order valence-corrected chi connectivity index (χ3v) is 10.8. The molecule has 0 radical (unpaired) electrons. The molecular weight excluding hydrogens is 898 g/mol. The van der Waals surface area contributed by atoms with Crippen molar-refractivity contribution in [2.75, 3.05) is 39.6 Å². The summed E-state index contributed by atoms with van der Waals surface area (Å²) in [5.41, 5.74) is -0.161. The molecular formula is C38H57N3O25. The van der Waals surface area contributed by atoms with E-state index in [0.29, 0.717) is 12.8 Å². The minimum absolute atomic E-state index is 0.00556. The van der Waals surface area contributed by atoms with Crippen LogP contribution in [0.2, 0.25) is 0 Å². The summed E-state index contributed by atoms with van der Waals surface area (Å²) in [7, 11) is 0. The molecule has 0 unspecified atom stereocenters. The Balaban J connectivity index is 1.26. The lowest BCUT2D eigenvalue weighted by Gasteiger charge is -2.48. The highest BCUT2D eigenvalue weighted by Gasteiger charge is 2.57. The number of non-ortho nitro benzene ring substituents is 1. The van der Waals surface area contributed by atoms with Gasteiger partial charge in [-0.2, -0.15) is 0 Å². The average Bonchev–Trinajstić information content (AvgIpc) is 3.29. The van der Waals surface area contributed by atoms with E-state index in [1.807, 2.05) is 0 Å². The number of aliphatic hydroxyl groups is 11. The Hall–Kier alpha value is -4.18. The van der Waals surface area contributed by atoms with E-state index in [1.165, 1.54) is 24.3 Å². The minimum atomic E-state index is -2.94. The number of carbonyl (C=O) groups excluding carboxylic acids is 3. The summed E-state index contributed by atoms with van der Waals surface area (Å²) in [5.74, 6) is -6.77. The fraction of sp³-hybridized carbons (Fsp3) is 0.737. The van der Waals surface area contributed by atoms with Gasteiger partial charge in [-0.15, -0.1) is 0 Å². The third-order valence-electron chi connectivity index (χ3n) is 10.8. The molecule has 0 saturated carbocycles. The Morgan fingerprint density at radius 2 is 1.50 bits per heavy atom. The van der Waals surface area contributed by atoms with E-state index in [4.69, 9.17) is 38.3 Å². The van der Waals surface area contributed by atoms with Crippen molar-refractivity contribution in [3.8, 4) is 5.75 Å². The Labute approximate surface area is 374 Å². The quantitative estimate of drug-likeness (QED) is 0.0151. The SMILES string of the molecule is O=C(CCCCC(=O)Oc1ccc([N+](=O)[O-])cc1)NCCCO[C@@H]1O[C@H](CO)[C@@H](O[C@@H]2O[C@H](CO[C@]3(C(=O)O)C[C@H](O)[C@@H](NC(=O)CO)[C@H]([C@H](O)[C@H](O)CO)O3)[C@H](O)[C@H](O)[C@H]2O)[C@H](O)[C@H]1O. The maximum atomic E-state index is 12.6. The van der Waals surface area contributed by atoms with Crippen molar-refractivity contribution < 1.29 is 119 Å². The molecule has 4 rings (SSSR count). The summed E-state index contributed by atoms with van der Waals surface area (Å²) >= 11 is 0. The van der Waals surface area contributed by atoms with Crippen LogP contribution in [-0.2, 0) is 47.6 Å². The van der Waals surface area contributed by atoms with E-state index in [1.54, 1.807) is 0 Å². The highest BCUT2D eigenvalue weighted by Crippen LogP contribution is 2.36. The Bertz CT molecular complexity index is 1740. The number of ether oxygens (including phenoxy) is 7. The van der Waals surface area contributed by atoms with E-state index in [0.717, 1.165) is 0 Å². The number of nitro benzene ring substituents is 1. The first-order valence-electron chi connectivity index (χ1n) is 20.7. The number of benzene rings is 1. The highest BCUT2D eigenvalue weighted by molar-refractivity contribution is 5.78. The molecule has 1 aromatic rings. The van der Waals surface area contributed by atoms with E-state index < -0.39 is 153 Å². The number of hydrogen-bond donors (Lipinski definition) is 14. The topological polar surface area (TPSA) is 443 Å². The third kappa shape index (κ3) is 14.2. The highest BCUT2D eigenvalue weighted by atomic mass is 16.8. The summed E-state index contributed by atoms with van der Waals surface area (Å²) in [4.78, 5) is 59.0. The molecule has 0 bridgehead atoms. The van der Waals surface area contributed by atoms with Gasteiger partial charge in [-0.25, -0.2) is 4.79 Å². The first-order chi connectivity index (χ1) is 31.3. The van der Waals surface area contributed by atoms with Gasteiger partial charge in [-0.05, 0) is 31.4 Å². The van der Waals surface area contributed by atoms with Crippen molar-refractivity contribution in [2.45, 2.75) is 136 Å². The molecule has 3 aliphatic rings. The van der Waals surface area contributed by atoms with Crippen molar-refractivity contribution in [3.63, 3.8) is 0 Å². The summed E-state index contributed by atoms with van der Waals surface area (Å²) in [6, 6.07) is 3.30. The molecule has 0 aromatic heterocycles. The van der Waals surface area contributed by atoms with Crippen molar-refractivity contribution in [3.05, 3.63) is 34.4 Å². The number of nitrogens with zero attached hydrogens (tertiary/aromatic N) is 1. The number of unbranched alkanes of at least 4 members (excludes halogenated alkanes) is 1. The molecule has 0 aliphatic carbocycles. The monoisotopic (exact) mass is 955 g/mol. The summed E-state index contributed by atoms with van der Waals surface area (Å²) < 4.78 is 38.4. The molecule has 16 atom stereocenters. The van der Waals surface area contributed by atoms with Gasteiger partial charge in [0.1, 0.15) is 79.5 Å². The van der Waals surface area contributed by atoms with Crippen LogP contribution in [0.15, 0.2) is 24.3 Å². The number of carboxylic acid groups (broad SMARTS) is 1. The molecule has 3 aliphatic heterocycles. The summed E-state index contributed by atoms with van der Waals surface area (Å²) in [6.07, 6.45) is -26.8. The smallest absolute Gasteiger partial charge is 0.364 e. The van der Waals surface area contributed by atoms with Gasteiger partial charge in [0, 0.05) is 37.9 Å². The van der Waals surface area contributed by atoms with Crippen LogP contribution in [-0.4, -0.2) is 227 Å². The molecule has 0 spiro atoms. The number of aliphatic carboxylic acids is 1. The molecule has 1 aromatic carbocycles. The molecule has 2 amide bonds. The number of nitrogens with one attached hydrogen (secondary N) is 2. The van der Waals surface area contributed by atoms with Crippen LogP contribution >= 0.6 is 0 Å². The van der Waals surface area contributed by atoms with Gasteiger partial charge < -0.3 is 105 Å². The van der Waals surface area contributed by atoms with E-state index in [2.05, 4.69) is 10.6 Å². The lowest BCUT2D eigenvalue weighted by atomic mass is 9.88. The van der Waals surface area contributed by atoms with Gasteiger partial charge in [-0.3, -0.25) is 24.5 Å². The zero-order valence-electron chi connectivity index (χ0n) is 35.1. The van der Waals surface area contributed by atoms with Gasteiger partial charge in [0.05, 0.1) is 43.5 Å². The lowest BCUT2D eigenvalue weighted by Crippen LogP contribution is -2.69. The number of esters is 1. The molecule has 14 N–H and O–H groups in total. The lowest BCUT2D eigenvalue weighted by molar-refractivity contribution is -0.384. The molecule has 66 heavy (non-hydrogen) atoms. The van der Waals surface area contributed by atoms with Crippen LogP contribution < -0.4 is 15.4 Å². The second-order valence-electron chi connectivity index (χ2n) is 15.5. The fourth-order valence-corrected chi connectivity index (χ4v) is 7.13. The average molecular weight is 956 g/mol.